The Labute approximate surface area is 132 Å². The zero-order chi connectivity index (χ0) is 17.5. The number of amides is 2. The van der Waals surface area contributed by atoms with Gasteiger partial charge in [-0.25, -0.2) is 0 Å². The van der Waals surface area contributed by atoms with Gasteiger partial charge in [-0.05, 0) is 31.9 Å². The monoisotopic (exact) mass is 332 g/mol. The third-order valence-electron chi connectivity index (χ3n) is 2.91. The molecule has 0 saturated heterocycles. The van der Waals surface area contributed by atoms with Crippen molar-refractivity contribution in [3.8, 4) is 5.75 Å². The van der Waals surface area contributed by atoms with Crippen molar-refractivity contribution >= 4 is 11.8 Å². The van der Waals surface area contributed by atoms with Gasteiger partial charge >= 0.3 is 12.1 Å². The topological polar surface area (TPSA) is 67.4 Å². The Kier molecular flexibility index (Phi) is 6.87. The maximum Gasteiger partial charge on any atom is 0.471 e. The van der Waals surface area contributed by atoms with Gasteiger partial charge in [-0.3, -0.25) is 9.59 Å². The molecule has 0 radical (unpaired) electrons. The Morgan fingerprint density at radius 2 is 1.78 bits per heavy atom. The van der Waals surface area contributed by atoms with Gasteiger partial charge in [0, 0.05) is 13.1 Å². The molecule has 23 heavy (non-hydrogen) atoms. The lowest BCUT2D eigenvalue weighted by Gasteiger charge is -2.10. The van der Waals surface area contributed by atoms with Crippen molar-refractivity contribution < 1.29 is 27.5 Å². The molecule has 5 nitrogen and oxygen atoms in total. The molecule has 0 unspecified atom stereocenters. The van der Waals surface area contributed by atoms with E-state index in [9.17, 15) is 22.8 Å². The predicted molar refractivity (Wildman–Crippen MR) is 78.1 cm³/mol. The quantitative estimate of drug-likeness (QED) is 0.749. The van der Waals surface area contributed by atoms with Crippen LogP contribution in [0.2, 0.25) is 0 Å². The van der Waals surface area contributed by atoms with E-state index in [1.165, 1.54) is 0 Å². The molecule has 0 aliphatic carbocycles. The maximum atomic E-state index is 11.9. The van der Waals surface area contributed by atoms with Crippen LogP contribution in [0, 0.1) is 13.8 Å². The molecule has 0 aliphatic rings. The van der Waals surface area contributed by atoms with Crippen molar-refractivity contribution in [1.82, 2.24) is 10.6 Å². The molecular formula is C15H19F3N2O3. The first-order valence-electron chi connectivity index (χ1n) is 7.02. The summed E-state index contributed by atoms with van der Waals surface area (Å²) in [7, 11) is 0. The highest BCUT2D eigenvalue weighted by Crippen LogP contribution is 2.18. The molecule has 0 fully saturated rings. The summed E-state index contributed by atoms with van der Waals surface area (Å²) in [6.45, 7) is 3.60. The summed E-state index contributed by atoms with van der Waals surface area (Å²) in [5.74, 6) is -1.77. The standard InChI is InChI=1S/C15H19F3N2O3/c1-10-4-5-12(11(2)8-10)23-9-13(21)19-6-3-7-20-14(22)15(16,17)18/h4-5,8H,3,6-7,9H2,1-2H3,(H,19,21)(H,20,22). The van der Waals surface area contributed by atoms with Gasteiger partial charge in [0.05, 0.1) is 0 Å². The van der Waals surface area contributed by atoms with Crippen LogP contribution in [0.25, 0.3) is 0 Å². The van der Waals surface area contributed by atoms with Crippen LogP contribution in [0.4, 0.5) is 13.2 Å². The van der Waals surface area contributed by atoms with E-state index in [4.69, 9.17) is 4.74 Å². The molecule has 8 heteroatoms. The number of hydrogen-bond donors (Lipinski definition) is 2. The van der Waals surface area contributed by atoms with Gasteiger partial charge in [0.1, 0.15) is 5.75 Å². The first-order valence-corrected chi connectivity index (χ1v) is 7.02. The molecule has 1 rings (SSSR count). The number of carbonyl (C=O) groups excluding carboxylic acids is 2. The summed E-state index contributed by atoms with van der Waals surface area (Å²) in [5.41, 5.74) is 1.99. The second kappa shape index (κ2) is 8.40. The number of hydrogen-bond acceptors (Lipinski definition) is 3. The highest BCUT2D eigenvalue weighted by molar-refractivity contribution is 5.81. The lowest BCUT2D eigenvalue weighted by molar-refractivity contribution is -0.173. The van der Waals surface area contributed by atoms with Crippen LogP contribution in [0.1, 0.15) is 17.5 Å². The number of alkyl halides is 3. The van der Waals surface area contributed by atoms with E-state index in [0.717, 1.165) is 11.1 Å². The van der Waals surface area contributed by atoms with E-state index in [2.05, 4.69) is 5.32 Å². The Hall–Kier alpha value is -2.25. The Morgan fingerprint density at radius 3 is 2.39 bits per heavy atom. The van der Waals surface area contributed by atoms with Crippen molar-refractivity contribution in [3.05, 3.63) is 29.3 Å². The molecule has 1 aromatic carbocycles. The van der Waals surface area contributed by atoms with Crippen molar-refractivity contribution in [1.29, 1.82) is 0 Å². The molecule has 0 spiro atoms. The predicted octanol–water partition coefficient (Wildman–Crippen LogP) is 1.87. The first kappa shape index (κ1) is 18.8. The minimum absolute atomic E-state index is 0.146. The van der Waals surface area contributed by atoms with E-state index in [-0.39, 0.29) is 32.0 Å². The maximum absolute atomic E-state index is 11.9. The third-order valence-corrected chi connectivity index (χ3v) is 2.91. The molecule has 0 atom stereocenters. The zero-order valence-corrected chi connectivity index (χ0v) is 12.9. The molecular weight excluding hydrogens is 313 g/mol. The van der Waals surface area contributed by atoms with Gasteiger partial charge in [-0.1, -0.05) is 17.7 Å². The molecule has 2 amide bonds. The summed E-state index contributed by atoms with van der Waals surface area (Å²) in [6, 6.07) is 5.56. The van der Waals surface area contributed by atoms with Crippen LogP contribution >= 0.6 is 0 Å². The molecule has 128 valence electrons. The smallest absolute Gasteiger partial charge is 0.471 e. The molecule has 0 aromatic heterocycles. The third kappa shape index (κ3) is 7.03. The summed E-state index contributed by atoms with van der Waals surface area (Å²) in [4.78, 5) is 22.1. The van der Waals surface area contributed by atoms with Crippen LogP contribution in [-0.4, -0.2) is 37.7 Å². The lowest BCUT2D eigenvalue weighted by Crippen LogP contribution is -2.38. The number of benzene rings is 1. The number of nitrogens with one attached hydrogen (secondary N) is 2. The van der Waals surface area contributed by atoms with Gasteiger partial charge in [0.15, 0.2) is 6.61 Å². The first-order chi connectivity index (χ1) is 10.7. The van der Waals surface area contributed by atoms with Gasteiger partial charge in [0.25, 0.3) is 5.91 Å². The van der Waals surface area contributed by atoms with E-state index in [1.807, 2.05) is 26.0 Å². The second-order valence-electron chi connectivity index (χ2n) is 5.01. The largest absolute Gasteiger partial charge is 0.484 e. The zero-order valence-electron chi connectivity index (χ0n) is 12.9. The van der Waals surface area contributed by atoms with Crippen LogP contribution < -0.4 is 15.4 Å². The summed E-state index contributed by atoms with van der Waals surface area (Å²) < 4.78 is 41.1. The number of carbonyl (C=O) groups is 2. The number of ether oxygens (including phenoxy) is 1. The number of rotatable bonds is 7. The van der Waals surface area contributed by atoms with E-state index in [1.54, 1.807) is 11.4 Å². The minimum Gasteiger partial charge on any atom is -0.484 e. The molecule has 1 aromatic rings. The van der Waals surface area contributed by atoms with Crippen molar-refractivity contribution in [2.75, 3.05) is 19.7 Å². The highest BCUT2D eigenvalue weighted by Gasteiger charge is 2.38. The Balaban J connectivity index is 2.19. The molecule has 0 saturated carbocycles. The molecule has 0 heterocycles. The van der Waals surface area contributed by atoms with Crippen LogP contribution in [0.3, 0.4) is 0 Å². The van der Waals surface area contributed by atoms with E-state index in [0.29, 0.717) is 5.75 Å². The van der Waals surface area contributed by atoms with Crippen molar-refractivity contribution in [2.24, 2.45) is 0 Å². The lowest BCUT2D eigenvalue weighted by atomic mass is 10.1. The second-order valence-corrected chi connectivity index (χ2v) is 5.01. The van der Waals surface area contributed by atoms with Crippen molar-refractivity contribution in [3.63, 3.8) is 0 Å². The average molecular weight is 332 g/mol. The number of aryl methyl sites for hydroxylation is 2. The molecule has 2 N–H and O–H groups in total. The van der Waals surface area contributed by atoms with Crippen LogP contribution in [-0.2, 0) is 9.59 Å². The van der Waals surface area contributed by atoms with Gasteiger partial charge < -0.3 is 15.4 Å². The Morgan fingerprint density at radius 1 is 1.13 bits per heavy atom. The fourth-order valence-electron chi connectivity index (χ4n) is 1.77. The molecule has 0 bridgehead atoms. The molecule has 0 aliphatic heterocycles. The van der Waals surface area contributed by atoms with E-state index < -0.39 is 12.1 Å². The SMILES string of the molecule is Cc1ccc(OCC(=O)NCCCNC(=O)C(F)(F)F)c(C)c1. The summed E-state index contributed by atoms with van der Waals surface area (Å²) >= 11 is 0. The fourth-order valence-corrected chi connectivity index (χ4v) is 1.77. The summed E-state index contributed by atoms with van der Waals surface area (Å²) in [5, 5.41) is 4.22. The normalized spacial score (nSPS) is 11.0. The van der Waals surface area contributed by atoms with Gasteiger partial charge in [0.2, 0.25) is 0 Å². The van der Waals surface area contributed by atoms with Crippen molar-refractivity contribution in [2.45, 2.75) is 26.4 Å². The average Bonchev–Trinajstić information content (AvgIpc) is 2.44. The fraction of sp³-hybridized carbons (Fsp3) is 0.467. The van der Waals surface area contributed by atoms with Gasteiger partial charge in [-0.15, -0.1) is 0 Å². The Bertz CT molecular complexity index is 559. The highest BCUT2D eigenvalue weighted by atomic mass is 19.4. The minimum atomic E-state index is -4.89. The number of halogens is 3. The van der Waals surface area contributed by atoms with Gasteiger partial charge in [-0.2, -0.15) is 13.2 Å². The van der Waals surface area contributed by atoms with Crippen LogP contribution in [0.5, 0.6) is 5.75 Å². The van der Waals surface area contributed by atoms with E-state index >= 15 is 0 Å². The van der Waals surface area contributed by atoms with Crippen LogP contribution in [0.15, 0.2) is 18.2 Å². The summed E-state index contributed by atoms with van der Waals surface area (Å²) in [6.07, 6.45) is -4.69.